The van der Waals surface area contributed by atoms with Crippen molar-refractivity contribution in [1.29, 1.82) is 0 Å². The van der Waals surface area contributed by atoms with Gasteiger partial charge >= 0.3 is 6.01 Å². The lowest BCUT2D eigenvalue weighted by atomic mass is 10.1. The molecule has 0 aliphatic rings. The summed E-state index contributed by atoms with van der Waals surface area (Å²) in [5, 5.41) is 14.8. The molecule has 0 aliphatic heterocycles. The van der Waals surface area contributed by atoms with Crippen LogP contribution in [-0.2, 0) is 0 Å². The van der Waals surface area contributed by atoms with Crippen molar-refractivity contribution in [3.05, 3.63) is 70.8 Å². The van der Waals surface area contributed by atoms with E-state index in [0.29, 0.717) is 26.7 Å². The first kappa shape index (κ1) is 18.1. The molecule has 0 unspecified atom stereocenters. The number of benzene rings is 3. The standard InChI is InChI=1S/C21H14N4O4S/c1-28-14-10-16(25(26)27)19-18(11-14)30-21(23-19)24-20-22-15-9-13(7-8-17(15)29-20)12-5-3-2-4-6-12/h2-11H,1H3,(H,22,23,24). The van der Waals surface area contributed by atoms with E-state index in [1.165, 1.54) is 24.5 Å². The van der Waals surface area contributed by atoms with Crippen molar-refractivity contribution in [2.75, 3.05) is 12.4 Å². The number of anilines is 2. The summed E-state index contributed by atoms with van der Waals surface area (Å²) < 4.78 is 11.5. The van der Waals surface area contributed by atoms with E-state index >= 15 is 0 Å². The number of oxazole rings is 1. The molecular formula is C21H14N4O4S. The van der Waals surface area contributed by atoms with Crippen LogP contribution in [0.1, 0.15) is 0 Å². The molecule has 2 aromatic heterocycles. The summed E-state index contributed by atoms with van der Waals surface area (Å²) in [7, 11) is 1.47. The second-order valence-electron chi connectivity index (χ2n) is 6.46. The van der Waals surface area contributed by atoms with Crippen LogP contribution in [0.5, 0.6) is 5.75 Å². The summed E-state index contributed by atoms with van der Waals surface area (Å²) in [5.74, 6) is 0.403. The molecule has 5 rings (SSSR count). The van der Waals surface area contributed by atoms with E-state index in [-0.39, 0.29) is 17.2 Å². The Kier molecular flexibility index (Phi) is 4.29. The summed E-state index contributed by atoms with van der Waals surface area (Å²) in [6, 6.07) is 19.1. The molecule has 0 saturated carbocycles. The normalized spacial score (nSPS) is 11.1. The van der Waals surface area contributed by atoms with Crippen molar-refractivity contribution in [1.82, 2.24) is 9.97 Å². The number of methoxy groups -OCH3 is 1. The van der Waals surface area contributed by atoms with Gasteiger partial charge in [-0.2, -0.15) is 4.98 Å². The number of hydrogen-bond acceptors (Lipinski definition) is 8. The van der Waals surface area contributed by atoms with Crippen molar-refractivity contribution in [3.8, 4) is 16.9 Å². The molecule has 148 valence electrons. The van der Waals surface area contributed by atoms with Gasteiger partial charge in [-0.05, 0) is 23.3 Å². The van der Waals surface area contributed by atoms with Crippen molar-refractivity contribution in [2.45, 2.75) is 0 Å². The second-order valence-corrected chi connectivity index (χ2v) is 7.49. The summed E-state index contributed by atoms with van der Waals surface area (Å²) >= 11 is 1.26. The SMILES string of the molecule is COc1cc([N+](=O)[O-])c2nc(Nc3nc4cc(-c5ccccc5)ccc4o3)sc2c1. The van der Waals surface area contributed by atoms with Gasteiger partial charge in [-0.3, -0.25) is 15.4 Å². The Bertz CT molecular complexity index is 1390. The van der Waals surface area contributed by atoms with Gasteiger partial charge in [-0.25, -0.2) is 4.98 Å². The van der Waals surface area contributed by atoms with Gasteiger partial charge in [-0.1, -0.05) is 47.7 Å². The van der Waals surface area contributed by atoms with Gasteiger partial charge in [0, 0.05) is 6.07 Å². The smallest absolute Gasteiger partial charge is 0.302 e. The fourth-order valence-corrected chi connectivity index (χ4v) is 4.09. The molecule has 0 amide bonds. The number of nitro benzene ring substituents is 1. The molecule has 0 aliphatic carbocycles. The molecule has 5 aromatic rings. The Morgan fingerprint density at radius 1 is 1.07 bits per heavy atom. The first-order chi connectivity index (χ1) is 14.6. The molecule has 2 heterocycles. The Balaban J connectivity index is 1.50. The van der Waals surface area contributed by atoms with Crippen LogP contribution in [0.15, 0.2) is 65.1 Å². The van der Waals surface area contributed by atoms with Crippen molar-refractivity contribution in [2.24, 2.45) is 0 Å². The van der Waals surface area contributed by atoms with E-state index < -0.39 is 4.92 Å². The minimum absolute atomic E-state index is 0.112. The molecule has 0 bridgehead atoms. The number of non-ortho nitro benzene ring substituents is 1. The van der Waals surface area contributed by atoms with Gasteiger partial charge < -0.3 is 9.15 Å². The highest BCUT2D eigenvalue weighted by Gasteiger charge is 2.20. The highest BCUT2D eigenvalue weighted by atomic mass is 32.1. The van der Waals surface area contributed by atoms with E-state index in [0.717, 1.165) is 11.1 Å². The van der Waals surface area contributed by atoms with Gasteiger partial charge in [-0.15, -0.1) is 0 Å². The number of nitrogens with zero attached hydrogens (tertiary/aromatic N) is 3. The number of nitro groups is 1. The Morgan fingerprint density at radius 3 is 2.67 bits per heavy atom. The predicted molar refractivity (Wildman–Crippen MR) is 116 cm³/mol. The maximum Gasteiger partial charge on any atom is 0.302 e. The second kappa shape index (κ2) is 7.12. The summed E-state index contributed by atoms with van der Waals surface area (Å²) in [5.41, 5.74) is 3.63. The Morgan fingerprint density at radius 2 is 1.90 bits per heavy atom. The summed E-state index contributed by atoms with van der Waals surface area (Å²) in [6.45, 7) is 0. The zero-order chi connectivity index (χ0) is 20.7. The lowest BCUT2D eigenvalue weighted by Crippen LogP contribution is -1.92. The van der Waals surface area contributed by atoms with Gasteiger partial charge in [0.25, 0.3) is 5.69 Å². The third kappa shape index (κ3) is 3.20. The molecule has 30 heavy (non-hydrogen) atoms. The molecule has 9 heteroatoms. The highest BCUT2D eigenvalue weighted by molar-refractivity contribution is 7.22. The number of thiazole rings is 1. The first-order valence-corrected chi connectivity index (χ1v) is 9.78. The number of nitrogens with one attached hydrogen (secondary N) is 1. The third-order valence-electron chi connectivity index (χ3n) is 4.59. The van der Waals surface area contributed by atoms with Crippen LogP contribution in [0.2, 0.25) is 0 Å². The molecular weight excluding hydrogens is 404 g/mol. The quantitative estimate of drug-likeness (QED) is 0.286. The topological polar surface area (TPSA) is 103 Å². The minimum Gasteiger partial charge on any atom is -0.496 e. The molecule has 0 radical (unpaired) electrons. The van der Waals surface area contributed by atoms with Crippen LogP contribution >= 0.6 is 11.3 Å². The van der Waals surface area contributed by atoms with Crippen LogP contribution in [0.25, 0.3) is 32.4 Å². The lowest BCUT2D eigenvalue weighted by Gasteiger charge is -1.99. The number of fused-ring (bicyclic) bond motifs is 2. The zero-order valence-corrected chi connectivity index (χ0v) is 16.5. The van der Waals surface area contributed by atoms with Gasteiger partial charge in [0.05, 0.1) is 22.8 Å². The molecule has 0 atom stereocenters. The monoisotopic (exact) mass is 418 g/mol. The molecule has 0 fully saturated rings. The fourth-order valence-electron chi connectivity index (χ4n) is 3.18. The number of rotatable bonds is 5. The van der Waals surface area contributed by atoms with E-state index in [1.807, 2.05) is 48.5 Å². The van der Waals surface area contributed by atoms with Crippen LogP contribution in [0.4, 0.5) is 16.8 Å². The Labute approximate surface area is 173 Å². The number of ether oxygens (including phenoxy) is 1. The van der Waals surface area contributed by atoms with E-state index in [1.54, 1.807) is 6.07 Å². The third-order valence-corrected chi connectivity index (χ3v) is 5.51. The highest BCUT2D eigenvalue weighted by Crippen LogP contribution is 2.37. The van der Waals surface area contributed by atoms with Gasteiger partial charge in [0.2, 0.25) is 0 Å². The van der Waals surface area contributed by atoms with Gasteiger partial charge in [0.1, 0.15) is 11.3 Å². The maximum atomic E-state index is 11.4. The molecule has 0 saturated heterocycles. The van der Waals surface area contributed by atoms with E-state index in [2.05, 4.69) is 15.3 Å². The van der Waals surface area contributed by atoms with Crippen molar-refractivity contribution < 1.29 is 14.1 Å². The first-order valence-electron chi connectivity index (χ1n) is 8.97. The molecule has 3 aromatic carbocycles. The van der Waals surface area contributed by atoms with Crippen LogP contribution in [-0.4, -0.2) is 22.0 Å². The zero-order valence-electron chi connectivity index (χ0n) is 15.7. The van der Waals surface area contributed by atoms with Crippen LogP contribution < -0.4 is 10.1 Å². The summed E-state index contributed by atoms with van der Waals surface area (Å²) in [6.07, 6.45) is 0. The molecule has 0 spiro atoms. The average molecular weight is 418 g/mol. The Hall–Kier alpha value is -3.98. The molecule has 1 N–H and O–H groups in total. The number of hydrogen-bond donors (Lipinski definition) is 1. The number of aromatic nitrogens is 2. The lowest BCUT2D eigenvalue weighted by molar-refractivity contribution is -0.383. The fraction of sp³-hybridized carbons (Fsp3) is 0.0476. The van der Waals surface area contributed by atoms with Crippen molar-refractivity contribution in [3.63, 3.8) is 0 Å². The minimum atomic E-state index is -0.473. The van der Waals surface area contributed by atoms with Crippen LogP contribution in [0.3, 0.4) is 0 Å². The average Bonchev–Trinajstić information content (AvgIpc) is 3.35. The largest absolute Gasteiger partial charge is 0.496 e. The maximum absolute atomic E-state index is 11.4. The predicted octanol–water partition coefficient (Wildman–Crippen LogP) is 5.76. The van der Waals surface area contributed by atoms with Gasteiger partial charge in [0.15, 0.2) is 16.2 Å². The van der Waals surface area contributed by atoms with Crippen LogP contribution in [0, 0.1) is 10.1 Å². The molecule has 8 nitrogen and oxygen atoms in total. The van der Waals surface area contributed by atoms with Crippen molar-refractivity contribution >= 4 is 49.5 Å². The van der Waals surface area contributed by atoms with E-state index in [4.69, 9.17) is 9.15 Å². The van der Waals surface area contributed by atoms with E-state index in [9.17, 15) is 10.1 Å². The summed E-state index contributed by atoms with van der Waals surface area (Å²) in [4.78, 5) is 19.7.